The summed E-state index contributed by atoms with van der Waals surface area (Å²) in [5, 5.41) is 3.03. The Labute approximate surface area is 72.2 Å². The molecule has 0 spiro atoms. The topological polar surface area (TPSA) is 12.0 Å². The molecule has 10 heavy (non-hydrogen) atoms. The van der Waals surface area contributed by atoms with Crippen molar-refractivity contribution in [3.63, 3.8) is 0 Å². The molecule has 0 unspecified atom stereocenters. The minimum atomic E-state index is 0.150. The second kappa shape index (κ2) is 2.55. The molecule has 3 heteroatoms. The summed E-state index contributed by atoms with van der Waals surface area (Å²) in [7, 11) is 0. The highest BCUT2D eigenvalue weighted by Gasteiger charge is 2.28. The molecule has 0 bridgehead atoms. The minimum Gasteiger partial charge on any atom is -0.344 e. The SMILES string of the molecule is CC1(C)CCC(=S)NC1=S. The lowest BCUT2D eigenvalue weighted by Crippen LogP contribution is -2.43. The van der Waals surface area contributed by atoms with Crippen LogP contribution in [0.4, 0.5) is 0 Å². The van der Waals surface area contributed by atoms with Gasteiger partial charge in [0.05, 0.1) is 9.98 Å². The monoisotopic (exact) mass is 173 g/mol. The minimum absolute atomic E-state index is 0.150. The molecule has 1 heterocycles. The summed E-state index contributed by atoms with van der Waals surface area (Å²) in [6, 6.07) is 0. The fourth-order valence-electron chi connectivity index (χ4n) is 0.898. The third-order valence-corrected chi connectivity index (χ3v) is 2.81. The van der Waals surface area contributed by atoms with Gasteiger partial charge in [0.25, 0.3) is 0 Å². The van der Waals surface area contributed by atoms with Crippen molar-refractivity contribution in [3.8, 4) is 0 Å². The Kier molecular flexibility index (Phi) is 2.06. The Morgan fingerprint density at radius 3 is 2.40 bits per heavy atom. The zero-order valence-corrected chi connectivity index (χ0v) is 7.86. The van der Waals surface area contributed by atoms with Gasteiger partial charge in [0.1, 0.15) is 0 Å². The van der Waals surface area contributed by atoms with E-state index in [1.807, 2.05) is 0 Å². The summed E-state index contributed by atoms with van der Waals surface area (Å²) in [6.07, 6.45) is 2.06. The van der Waals surface area contributed by atoms with Crippen molar-refractivity contribution in [2.75, 3.05) is 0 Å². The Bertz CT molecular complexity index is 184. The smallest absolute Gasteiger partial charge is 0.0858 e. The fourth-order valence-corrected chi connectivity index (χ4v) is 1.39. The molecule has 56 valence electrons. The van der Waals surface area contributed by atoms with Crippen LogP contribution < -0.4 is 5.32 Å². The van der Waals surface area contributed by atoms with E-state index in [9.17, 15) is 0 Å². The van der Waals surface area contributed by atoms with Crippen LogP contribution in [-0.4, -0.2) is 9.98 Å². The van der Waals surface area contributed by atoms with Gasteiger partial charge < -0.3 is 5.32 Å². The number of thiocarbonyl (C=S) groups is 2. The predicted octanol–water partition coefficient (Wildman–Crippen LogP) is 2.05. The number of hydrogen-bond donors (Lipinski definition) is 1. The highest BCUT2D eigenvalue weighted by Crippen LogP contribution is 2.26. The normalized spacial score (nSPS) is 24.2. The maximum atomic E-state index is 5.12. The standard InChI is InChI=1S/C7H11NS2/c1-7(2)4-3-5(9)8-6(7)10/h3-4H2,1-2H3,(H,8,9,10). The Hall–Kier alpha value is -0.0200. The van der Waals surface area contributed by atoms with Crippen LogP contribution in [-0.2, 0) is 0 Å². The van der Waals surface area contributed by atoms with Crippen LogP contribution in [0.1, 0.15) is 26.7 Å². The average molecular weight is 173 g/mol. The molecule has 1 saturated heterocycles. The first-order valence-corrected chi connectivity index (χ1v) is 4.18. The molecule has 0 radical (unpaired) electrons. The van der Waals surface area contributed by atoms with Crippen LogP contribution in [0.15, 0.2) is 0 Å². The van der Waals surface area contributed by atoms with Gasteiger partial charge in [-0.2, -0.15) is 0 Å². The van der Waals surface area contributed by atoms with Crippen molar-refractivity contribution < 1.29 is 0 Å². The van der Waals surface area contributed by atoms with Crippen molar-refractivity contribution >= 4 is 34.4 Å². The van der Waals surface area contributed by atoms with E-state index in [-0.39, 0.29) is 5.41 Å². The van der Waals surface area contributed by atoms with Crippen molar-refractivity contribution in [1.82, 2.24) is 5.32 Å². The summed E-state index contributed by atoms with van der Waals surface area (Å²) in [5.41, 5.74) is 0.150. The van der Waals surface area contributed by atoms with E-state index in [2.05, 4.69) is 19.2 Å². The molecular formula is C7H11NS2. The quantitative estimate of drug-likeness (QED) is 0.563. The first-order chi connectivity index (χ1) is 4.52. The second-order valence-electron chi connectivity index (χ2n) is 3.26. The van der Waals surface area contributed by atoms with Gasteiger partial charge in [-0.1, -0.05) is 38.3 Å². The molecule has 1 N–H and O–H groups in total. The summed E-state index contributed by atoms with van der Waals surface area (Å²) in [4.78, 5) is 1.79. The van der Waals surface area contributed by atoms with E-state index >= 15 is 0 Å². The van der Waals surface area contributed by atoms with Gasteiger partial charge >= 0.3 is 0 Å². The van der Waals surface area contributed by atoms with E-state index in [0.717, 1.165) is 22.8 Å². The number of nitrogens with one attached hydrogen (secondary N) is 1. The van der Waals surface area contributed by atoms with Crippen LogP contribution >= 0.6 is 24.4 Å². The van der Waals surface area contributed by atoms with E-state index < -0.39 is 0 Å². The summed E-state index contributed by atoms with van der Waals surface area (Å²) in [6.45, 7) is 4.29. The largest absolute Gasteiger partial charge is 0.344 e. The second-order valence-corrected chi connectivity index (χ2v) is 4.16. The third-order valence-electron chi connectivity index (χ3n) is 1.84. The fraction of sp³-hybridized carbons (Fsp3) is 0.714. The molecule has 0 saturated carbocycles. The molecule has 0 aliphatic carbocycles. The first-order valence-electron chi connectivity index (χ1n) is 3.37. The summed E-state index contributed by atoms with van der Waals surface area (Å²) in [5.74, 6) is 0. The zero-order chi connectivity index (χ0) is 7.78. The van der Waals surface area contributed by atoms with Crippen molar-refractivity contribution in [1.29, 1.82) is 0 Å². The Morgan fingerprint density at radius 2 is 2.00 bits per heavy atom. The van der Waals surface area contributed by atoms with Gasteiger partial charge in [-0.05, 0) is 12.8 Å². The van der Waals surface area contributed by atoms with Gasteiger partial charge in [-0.25, -0.2) is 0 Å². The average Bonchev–Trinajstić information content (AvgIpc) is 1.81. The van der Waals surface area contributed by atoms with Gasteiger partial charge in [-0.15, -0.1) is 0 Å². The molecule has 0 aromatic carbocycles. The van der Waals surface area contributed by atoms with Gasteiger partial charge in [0.15, 0.2) is 0 Å². The molecule has 1 rings (SSSR count). The maximum absolute atomic E-state index is 5.12. The van der Waals surface area contributed by atoms with E-state index in [1.54, 1.807) is 0 Å². The van der Waals surface area contributed by atoms with Crippen LogP contribution in [0, 0.1) is 5.41 Å². The lowest BCUT2D eigenvalue weighted by atomic mass is 9.85. The van der Waals surface area contributed by atoms with Gasteiger partial charge in [0.2, 0.25) is 0 Å². The zero-order valence-electron chi connectivity index (χ0n) is 6.23. The lowest BCUT2D eigenvalue weighted by Gasteiger charge is -2.31. The Balaban J connectivity index is 2.70. The molecule has 1 aliphatic rings. The van der Waals surface area contributed by atoms with Crippen LogP contribution in [0.3, 0.4) is 0 Å². The number of hydrogen-bond acceptors (Lipinski definition) is 2. The highest BCUT2D eigenvalue weighted by molar-refractivity contribution is 7.82. The van der Waals surface area contributed by atoms with E-state index in [1.165, 1.54) is 0 Å². The summed E-state index contributed by atoms with van der Waals surface area (Å²) >= 11 is 10.1. The Morgan fingerprint density at radius 1 is 1.40 bits per heavy atom. The molecule has 1 nitrogen and oxygen atoms in total. The molecule has 0 aromatic rings. The molecular weight excluding hydrogens is 162 g/mol. The van der Waals surface area contributed by atoms with Crippen molar-refractivity contribution in [3.05, 3.63) is 0 Å². The number of piperidine rings is 1. The molecule has 0 atom stereocenters. The highest BCUT2D eigenvalue weighted by atomic mass is 32.1. The first kappa shape index (κ1) is 8.08. The van der Waals surface area contributed by atoms with Crippen molar-refractivity contribution in [2.24, 2.45) is 5.41 Å². The molecule has 0 amide bonds. The van der Waals surface area contributed by atoms with Crippen LogP contribution in [0.25, 0.3) is 0 Å². The summed E-state index contributed by atoms with van der Waals surface area (Å²) < 4.78 is 0. The van der Waals surface area contributed by atoms with E-state index in [4.69, 9.17) is 24.4 Å². The number of rotatable bonds is 0. The molecule has 1 aliphatic heterocycles. The van der Waals surface area contributed by atoms with E-state index in [0.29, 0.717) is 0 Å². The lowest BCUT2D eigenvalue weighted by molar-refractivity contribution is 0.472. The maximum Gasteiger partial charge on any atom is 0.0858 e. The van der Waals surface area contributed by atoms with Gasteiger partial charge in [0, 0.05) is 5.41 Å². The predicted molar refractivity (Wildman–Crippen MR) is 51.3 cm³/mol. The van der Waals surface area contributed by atoms with Crippen molar-refractivity contribution in [2.45, 2.75) is 26.7 Å². The van der Waals surface area contributed by atoms with Gasteiger partial charge in [-0.3, -0.25) is 0 Å². The molecule has 0 aromatic heterocycles. The molecule has 1 fully saturated rings. The van der Waals surface area contributed by atoms with Crippen LogP contribution in [0.2, 0.25) is 0 Å². The van der Waals surface area contributed by atoms with Crippen LogP contribution in [0.5, 0.6) is 0 Å². The third kappa shape index (κ3) is 1.52.